The van der Waals surface area contributed by atoms with E-state index in [1.165, 1.54) is 17.0 Å². The molecule has 1 atom stereocenters. The summed E-state index contributed by atoms with van der Waals surface area (Å²) >= 11 is 3.35. The number of nitrogens with one attached hydrogen (secondary N) is 1. The molecule has 0 bridgehead atoms. The molecule has 7 nitrogen and oxygen atoms in total. The van der Waals surface area contributed by atoms with Gasteiger partial charge in [-0.05, 0) is 47.9 Å². The zero-order valence-electron chi connectivity index (χ0n) is 22.0. The summed E-state index contributed by atoms with van der Waals surface area (Å²) in [4.78, 5) is 28.8. The first-order valence-electron chi connectivity index (χ1n) is 12.7. The maximum absolute atomic E-state index is 13.9. The van der Waals surface area contributed by atoms with Crippen LogP contribution in [0, 0.1) is 5.82 Å². The van der Waals surface area contributed by atoms with E-state index in [1.54, 1.807) is 36.4 Å². The first-order valence-corrected chi connectivity index (χ1v) is 15.3. The van der Waals surface area contributed by atoms with Gasteiger partial charge in [0.1, 0.15) is 18.4 Å². The summed E-state index contributed by atoms with van der Waals surface area (Å²) in [5, 5.41) is 2.93. The van der Waals surface area contributed by atoms with Gasteiger partial charge in [0, 0.05) is 24.0 Å². The van der Waals surface area contributed by atoms with Gasteiger partial charge in [0.2, 0.25) is 21.8 Å². The van der Waals surface area contributed by atoms with E-state index >= 15 is 0 Å². The predicted octanol–water partition coefficient (Wildman–Crippen LogP) is 4.91. The molecule has 0 saturated heterocycles. The number of nitrogens with zero attached hydrogens (tertiary/aromatic N) is 2. The molecule has 0 aliphatic heterocycles. The number of unbranched alkanes of at least 4 members (excludes halogenated alkanes) is 1. The third kappa shape index (κ3) is 9.18. The molecule has 0 aliphatic carbocycles. The zero-order valence-corrected chi connectivity index (χ0v) is 24.4. The Morgan fingerprint density at radius 1 is 0.974 bits per heavy atom. The maximum atomic E-state index is 13.9. The second-order valence-corrected chi connectivity index (χ2v) is 12.1. The van der Waals surface area contributed by atoms with Gasteiger partial charge in [-0.3, -0.25) is 13.9 Å². The quantitative estimate of drug-likeness (QED) is 0.276. The van der Waals surface area contributed by atoms with Crippen molar-refractivity contribution in [1.29, 1.82) is 0 Å². The monoisotopic (exact) mass is 617 g/mol. The number of amides is 2. The molecule has 39 heavy (non-hydrogen) atoms. The number of benzene rings is 3. The van der Waals surface area contributed by atoms with E-state index in [0.717, 1.165) is 29.0 Å². The summed E-state index contributed by atoms with van der Waals surface area (Å²) in [5.74, 6) is -1.32. The van der Waals surface area contributed by atoms with Crippen molar-refractivity contribution in [2.75, 3.05) is 23.7 Å². The van der Waals surface area contributed by atoms with E-state index < -0.39 is 34.3 Å². The summed E-state index contributed by atoms with van der Waals surface area (Å²) in [7, 11) is -3.85. The van der Waals surface area contributed by atoms with Crippen LogP contribution in [-0.4, -0.2) is 50.5 Å². The molecule has 0 heterocycles. The van der Waals surface area contributed by atoms with E-state index in [-0.39, 0.29) is 18.9 Å². The highest BCUT2D eigenvalue weighted by molar-refractivity contribution is 9.10. The highest BCUT2D eigenvalue weighted by atomic mass is 79.9. The van der Waals surface area contributed by atoms with Crippen LogP contribution in [0.15, 0.2) is 83.3 Å². The third-order valence-corrected chi connectivity index (χ3v) is 7.78. The fourth-order valence-electron chi connectivity index (χ4n) is 4.09. The van der Waals surface area contributed by atoms with E-state index in [2.05, 4.69) is 21.2 Å². The molecule has 3 aromatic carbocycles. The topological polar surface area (TPSA) is 86.8 Å². The highest BCUT2D eigenvalue weighted by Gasteiger charge is 2.33. The van der Waals surface area contributed by atoms with Crippen LogP contribution in [0.25, 0.3) is 0 Å². The second kappa shape index (κ2) is 14.2. The van der Waals surface area contributed by atoms with Crippen LogP contribution in [0.3, 0.4) is 0 Å². The summed E-state index contributed by atoms with van der Waals surface area (Å²) in [6.07, 6.45) is 2.92. The first-order chi connectivity index (χ1) is 18.6. The number of anilines is 1. The fourth-order valence-corrected chi connectivity index (χ4v) is 5.32. The Morgan fingerprint density at radius 3 is 2.28 bits per heavy atom. The molecule has 0 aliphatic rings. The number of rotatable bonds is 13. The maximum Gasteiger partial charge on any atom is 0.244 e. The lowest BCUT2D eigenvalue weighted by Crippen LogP contribution is -2.53. The number of carbonyl (C=O) groups excluding carboxylic acids is 2. The average Bonchev–Trinajstić information content (AvgIpc) is 2.90. The minimum atomic E-state index is -3.85. The van der Waals surface area contributed by atoms with Crippen molar-refractivity contribution in [1.82, 2.24) is 10.2 Å². The first kappa shape index (κ1) is 30.3. The van der Waals surface area contributed by atoms with Gasteiger partial charge >= 0.3 is 0 Å². The van der Waals surface area contributed by atoms with Crippen LogP contribution in [0.4, 0.5) is 10.1 Å². The molecule has 3 rings (SSSR count). The van der Waals surface area contributed by atoms with Gasteiger partial charge in [-0.1, -0.05) is 77.8 Å². The Bertz CT molecular complexity index is 1350. The smallest absolute Gasteiger partial charge is 0.244 e. The molecule has 3 aromatic rings. The molecule has 0 spiro atoms. The molecule has 0 radical (unpaired) electrons. The van der Waals surface area contributed by atoms with Crippen molar-refractivity contribution < 1.29 is 22.4 Å². The molecular weight excluding hydrogens is 585 g/mol. The van der Waals surface area contributed by atoms with Gasteiger partial charge in [-0.2, -0.15) is 0 Å². The van der Waals surface area contributed by atoms with Crippen molar-refractivity contribution in [2.45, 2.75) is 38.8 Å². The van der Waals surface area contributed by atoms with Crippen molar-refractivity contribution in [3.63, 3.8) is 0 Å². The Balaban J connectivity index is 2.02. The lowest BCUT2D eigenvalue weighted by molar-refractivity contribution is -0.140. The van der Waals surface area contributed by atoms with Gasteiger partial charge in [0.15, 0.2) is 0 Å². The Labute approximate surface area is 238 Å². The number of halogens is 2. The van der Waals surface area contributed by atoms with Crippen molar-refractivity contribution in [3.05, 3.63) is 100 Å². The molecular formula is C29H33BrFN3O4S. The third-order valence-electron chi connectivity index (χ3n) is 6.14. The second-order valence-electron chi connectivity index (χ2n) is 9.25. The van der Waals surface area contributed by atoms with Crippen LogP contribution in [0.2, 0.25) is 0 Å². The lowest BCUT2D eigenvalue weighted by Gasteiger charge is -2.33. The van der Waals surface area contributed by atoms with Crippen molar-refractivity contribution >= 4 is 43.5 Å². The highest BCUT2D eigenvalue weighted by Crippen LogP contribution is 2.23. The molecule has 1 N–H and O–H groups in total. The minimum absolute atomic E-state index is 0.00605. The predicted molar refractivity (Wildman–Crippen MR) is 155 cm³/mol. The number of carbonyl (C=O) groups is 2. The summed E-state index contributed by atoms with van der Waals surface area (Å²) in [5.41, 5.74) is 1.77. The normalized spacial score (nSPS) is 12.0. The van der Waals surface area contributed by atoms with E-state index in [9.17, 15) is 22.4 Å². The van der Waals surface area contributed by atoms with E-state index in [4.69, 9.17) is 0 Å². The molecule has 10 heteroatoms. The molecule has 0 saturated carbocycles. The standard InChI is InChI=1S/C29H33BrFN3O4S/c1-3-4-17-32-29(36)27(18-22-9-6-5-7-10-22)33(20-23-13-15-25(31)16-14-23)28(35)21-34(39(2,37)38)26-12-8-11-24(30)19-26/h5-16,19,27H,3-4,17-18,20-21H2,1-2H3,(H,32,36). The van der Waals surface area contributed by atoms with Gasteiger partial charge in [0.05, 0.1) is 11.9 Å². The molecule has 2 amide bonds. The Hall–Kier alpha value is -3.24. The Morgan fingerprint density at radius 2 is 1.67 bits per heavy atom. The van der Waals surface area contributed by atoms with Crippen LogP contribution >= 0.6 is 15.9 Å². The molecule has 0 fully saturated rings. The fraction of sp³-hybridized carbons (Fsp3) is 0.310. The van der Waals surface area contributed by atoms with Gasteiger partial charge in [-0.15, -0.1) is 0 Å². The number of sulfonamides is 1. The van der Waals surface area contributed by atoms with Crippen molar-refractivity contribution in [3.8, 4) is 0 Å². The van der Waals surface area contributed by atoms with Gasteiger partial charge < -0.3 is 10.2 Å². The lowest BCUT2D eigenvalue weighted by atomic mass is 10.0. The van der Waals surface area contributed by atoms with Crippen LogP contribution in [-0.2, 0) is 32.6 Å². The molecule has 208 valence electrons. The zero-order chi connectivity index (χ0) is 28.4. The number of hydrogen-bond acceptors (Lipinski definition) is 4. The van der Waals surface area contributed by atoms with Crippen molar-refractivity contribution in [2.24, 2.45) is 0 Å². The summed E-state index contributed by atoms with van der Waals surface area (Å²) < 4.78 is 40.9. The Kier molecular flexibility index (Phi) is 11.1. The van der Waals surface area contributed by atoms with E-state index in [1.807, 2.05) is 37.3 Å². The van der Waals surface area contributed by atoms with Gasteiger partial charge in [0.25, 0.3) is 0 Å². The molecule has 1 unspecified atom stereocenters. The average molecular weight is 619 g/mol. The molecule has 0 aromatic heterocycles. The van der Waals surface area contributed by atoms with E-state index in [0.29, 0.717) is 22.3 Å². The minimum Gasteiger partial charge on any atom is -0.354 e. The van der Waals surface area contributed by atoms with Crippen LogP contribution in [0.1, 0.15) is 30.9 Å². The number of hydrogen-bond donors (Lipinski definition) is 1. The summed E-state index contributed by atoms with van der Waals surface area (Å²) in [6.45, 7) is 1.95. The van der Waals surface area contributed by atoms with Gasteiger partial charge in [-0.25, -0.2) is 12.8 Å². The SMILES string of the molecule is CCCCNC(=O)C(Cc1ccccc1)N(Cc1ccc(F)cc1)C(=O)CN(c1cccc(Br)c1)S(C)(=O)=O. The largest absolute Gasteiger partial charge is 0.354 e. The summed E-state index contributed by atoms with van der Waals surface area (Å²) in [6, 6.07) is 20.7. The van der Waals surface area contributed by atoms with Crippen LogP contribution < -0.4 is 9.62 Å². The van der Waals surface area contributed by atoms with Crippen LogP contribution in [0.5, 0.6) is 0 Å².